The zero-order chi connectivity index (χ0) is 10.2. The van der Waals surface area contributed by atoms with Crippen LogP contribution in [0.25, 0.3) is 0 Å². The van der Waals surface area contributed by atoms with Crippen LogP contribution in [0.1, 0.15) is 19.8 Å². The fourth-order valence-corrected chi connectivity index (χ4v) is 2.42. The molecule has 0 radical (unpaired) electrons. The number of rotatable bonds is 4. The molecule has 4 heteroatoms. The fraction of sp³-hybridized carbons (Fsp3) is 0.900. The first kappa shape index (κ1) is 9.93. The monoisotopic (exact) mass is 199 g/mol. The van der Waals surface area contributed by atoms with E-state index in [1.807, 2.05) is 6.92 Å². The van der Waals surface area contributed by atoms with E-state index in [1.54, 1.807) is 7.11 Å². The normalized spacial score (nSPS) is 39.3. The lowest BCUT2D eigenvalue weighted by Crippen LogP contribution is -2.35. The van der Waals surface area contributed by atoms with Crippen LogP contribution in [0.5, 0.6) is 0 Å². The molecule has 2 aliphatic rings. The molecule has 2 rings (SSSR count). The highest BCUT2D eigenvalue weighted by atomic mass is 16.5. The van der Waals surface area contributed by atoms with E-state index >= 15 is 0 Å². The Kier molecular flexibility index (Phi) is 2.49. The van der Waals surface area contributed by atoms with Crippen molar-refractivity contribution in [2.75, 3.05) is 20.3 Å². The standard InChI is InChI=1S/C10H17NO3/c1-3-14-9(12)7-4-10(6-13-2)5-8(10)11-7/h7-8,11H,3-6H2,1-2H3/t7-,8?,10-/m0/s1. The summed E-state index contributed by atoms with van der Waals surface area (Å²) in [6.45, 7) is 3.04. The Morgan fingerprint density at radius 1 is 1.57 bits per heavy atom. The van der Waals surface area contributed by atoms with Gasteiger partial charge in [-0.2, -0.15) is 0 Å². The van der Waals surface area contributed by atoms with Crippen LogP contribution in [0.4, 0.5) is 0 Å². The number of piperidine rings is 1. The van der Waals surface area contributed by atoms with Crippen LogP contribution in [0, 0.1) is 5.41 Å². The predicted octanol–water partition coefficient (Wildman–Crippen LogP) is 0.317. The number of carbonyl (C=O) groups is 1. The van der Waals surface area contributed by atoms with Gasteiger partial charge in [-0.1, -0.05) is 0 Å². The molecule has 0 spiro atoms. The van der Waals surface area contributed by atoms with Crippen LogP contribution in [0.3, 0.4) is 0 Å². The molecule has 80 valence electrons. The van der Waals surface area contributed by atoms with Gasteiger partial charge in [0.05, 0.1) is 13.2 Å². The number of carbonyl (C=O) groups excluding carboxylic acids is 1. The van der Waals surface area contributed by atoms with Crippen LogP contribution in [-0.4, -0.2) is 38.4 Å². The summed E-state index contributed by atoms with van der Waals surface area (Å²) in [5.41, 5.74) is 0.228. The van der Waals surface area contributed by atoms with Crippen LogP contribution >= 0.6 is 0 Å². The highest BCUT2D eigenvalue weighted by Crippen LogP contribution is 2.54. The molecule has 4 nitrogen and oxygen atoms in total. The molecule has 0 bridgehead atoms. The minimum atomic E-state index is -0.116. The third kappa shape index (κ3) is 1.53. The molecule has 0 aromatic heterocycles. The second-order valence-corrected chi connectivity index (χ2v) is 4.23. The second kappa shape index (κ2) is 3.51. The Hall–Kier alpha value is -0.610. The van der Waals surface area contributed by atoms with Gasteiger partial charge < -0.3 is 14.8 Å². The van der Waals surface area contributed by atoms with Crippen molar-refractivity contribution >= 4 is 5.97 Å². The molecule has 3 atom stereocenters. The first-order valence-corrected chi connectivity index (χ1v) is 5.13. The number of methoxy groups -OCH3 is 1. The molecule has 0 aromatic carbocycles. The molecule has 1 saturated carbocycles. The Labute approximate surface area is 84.0 Å². The zero-order valence-electron chi connectivity index (χ0n) is 8.71. The SMILES string of the molecule is CCOC(=O)[C@@H]1C[C@@]2(COC)CC2N1. The van der Waals surface area contributed by atoms with Crippen LogP contribution in [0.15, 0.2) is 0 Å². The average molecular weight is 199 g/mol. The second-order valence-electron chi connectivity index (χ2n) is 4.23. The van der Waals surface area contributed by atoms with Gasteiger partial charge in [0.2, 0.25) is 0 Å². The lowest BCUT2D eigenvalue weighted by molar-refractivity contribution is -0.145. The molecule has 1 unspecified atom stereocenters. The van der Waals surface area contributed by atoms with E-state index in [-0.39, 0.29) is 17.4 Å². The van der Waals surface area contributed by atoms with Crippen molar-refractivity contribution in [3.05, 3.63) is 0 Å². The number of hydrogen-bond donors (Lipinski definition) is 1. The summed E-state index contributed by atoms with van der Waals surface area (Å²) in [4.78, 5) is 11.4. The third-order valence-electron chi connectivity index (χ3n) is 3.21. The highest BCUT2D eigenvalue weighted by molar-refractivity contribution is 5.77. The molecular weight excluding hydrogens is 182 g/mol. The molecular formula is C10H17NO3. The summed E-state index contributed by atoms with van der Waals surface area (Å²) < 4.78 is 10.1. The number of fused-ring (bicyclic) bond motifs is 1. The van der Waals surface area contributed by atoms with Crippen molar-refractivity contribution < 1.29 is 14.3 Å². The van der Waals surface area contributed by atoms with Gasteiger partial charge in [0.1, 0.15) is 6.04 Å². The van der Waals surface area contributed by atoms with Crippen molar-refractivity contribution in [3.63, 3.8) is 0 Å². The van der Waals surface area contributed by atoms with Crippen molar-refractivity contribution in [2.24, 2.45) is 5.41 Å². The van der Waals surface area contributed by atoms with Gasteiger partial charge >= 0.3 is 5.97 Å². The lowest BCUT2D eigenvalue weighted by atomic mass is 10.0. The maximum atomic E-state index is 11.4. The van der Waals surface area contributed by atoms with Crippen molar-refractivity contribution in [1.82, 2.24) is 5.32 Å². The van der Waals surface area contributed by atoms with E-state index in [4.69, 9.17) is 9.47 Å². The molecule has 1 heterocycles. The average Bonchev–Trinajstić information content (AvgIpc) is 2.69. The molecule has 0 amide bonds. The minimum absolute atomic E-state index is 0.108. The van der Waals surface area contributed by atoms with Crippen molar-refractivity contribution in [1.29, 1.82) is 0 Å². The molecule has 2 fully saturated rings. The van der Waals surface area contributed by atoms with E-state index in [1.165, 1.54) is 0 Å². The molecule has 0 aromatic rings. The lowest BCUT2D eigenvalue weighted by Gasteiger charge is -2.14. The summed E-state index contributed by atoms with van der Waals surface area (Å²) in [5, 5.41) is 3.28. The van der Waals surface area contributed by atoms with E-state index < -0.39 is 0 Å². The van der Waals surface area contributed by atoms with Gasteiger partial charge in [0.15, 0.2) is 0 Å². The summed E-state index contributed by atoms with van der Waals surface area (Å²) in [6.07, 6.45) is 2.00. The van der Waals surface area contributed by atoms with E-state index in [2.05, 4.69) is 5.32 Å². The number of hydrogen-bond acceptors (Lipinski definition) is 4. The Morgan fingerprint density at radius 2 is 2.36 bits per heavy atom. The molecule has 1 aliphatic carbocycles. The van der Waals surface area contributed by atoms with Crippen LogP contribution in [-0.2, 0) is 14.3 Å². The van der Waals surface area contributed by atoms with Crippen molar-refractivity contribution in [3.8, 4) is 0 Å². The zero-order valence-corrected chi connectivity index (χ0v) is 8.71. The summed E-state index contributed by atoms with van der Waals surface area (Å²) in [6, 6.07) is 0.362. The van der Waals surface area contributed by atoms with Gasteiger partial charge in [-0.25, -0.2) is 0 Å². The summed E-state index contributed by atoms with van der Waals surface area (Å²) >= 11 is 0. The van der Waals surface area contributed by atoms with Gasteiger partial charge in [-0.15, -0.1) is 0 Å². The highest BCUT2D eigenvalue weighted by Gasteiger charge is 2.61. The molecule has 14 heavy (non-hydrogen) atoms. The van der Waals surface area contributed by atoms with Gasteiger partial charge in [0.25, 0.3) is 0 Å². The molecule has 1 saturated heterocycles. The van der Waals surface area contributed by atoms with E-state index in [0.717, 1.165) is 19.4 Å². The number of nitrogens with one attached hydrogen (secondary N) is 1. The first-order chi connectivity index (χ1) is 6.72. The first-order valence-electron chi connectivity index (χ1n) is 5.13. The predicted molar refractivity (Wildman–Crippen MR) is 50.9 cm³/mol. The maximum Gasteiger partial charge on any atom is 0.323 e. The van der Waals surface area contributed by atoms with Crippen molar-refractivity contribution in [2.45, 2.75) is 31.8 Å². The van der Waals surface area contributed by atoms with Gasteiger partial charge in [-0.05, 0) is 19.8 Å². The Morgan fingerprint density at radius 3 is 3.00 bits per heavy atom. The largest absolute Gasteiger partial charge is 0.465 e. The van der Waals surface area contributed by atoms with Gasteiger partial charge in [-0.3, -0.25) is 4.79 Å². The quantitative estimate of drug-likeness (QED) is 0.662. The topological polar surface area (TPSA) is 47.6 Å². The molecule has 1 aliphatic heterocycles. The Balaban J connectivity index is 1.87. The number of esters is 1. The van der Waals surface area contributed by atoms with E-state index in [0.29, 0.717) is 12.6 Å². The van der Waals surface area contributed by atoms with Crippen LogP contribution < -0.4 is 5.32 Å². The minimum Gasteiger partial charge on any atom is -0.465 e. The maximum absolute atomic E-state index is 11.4. The summed E-state index contributed by atoms with van der Waals surface area (Å²) in [7, 11) is 1.71. The number of ether oxygens (including phenoxy) is 2. The van der Waals surface area contributed by atoms with Gasteiger partial charge in [0, 0.05) is 18.6 Å². The summed E-state index contributed by atoms with van der Waals surface area (Å²) in [5.74, 6) is -0.116. The van der Waals surface area contributed by atoms with Crippen LogP contribution in [0.2, 0.25) is 0 Å². The molecule has 1 N–H and O–H groups in total. The Bertz CT molecular complexity index is 244. The van der Waals surface area contributed by atoms with E-state index in [9.17, 15) is 4.79 Å². The smallest absolute Gasteiger partial charge is 0.323 e. The third-order valence-corrected chi connectivity index (χ3v) is 3.21. The fourth-order valence-electron chi connectivity index (χ4n) is 2.42.